The summed E-state index contributed by atoms with van der Waals surface area (Å²) in [6.07, 6.45) is 2.10. The van der Waals surface area contributed by atoms with E-state index in [0.29, 0.717) is 28.5 Å². The average Bonchev–Trinajstić information content (AvgIpc) is 3.01. The largest absolute Gasteiger partial charge is 0.494 e. The van der Waals surface area contributed by atoms with Crippen LogP contribution >= 0.6 is 22.9 Å². The number of benzene rings is 2. The van der Waals surface area contributed by atoms with Gasteiger partial charge in [0.1, 0.15) is 5.75 Å². The minimum absolute atomic E-state index is 0.269. The van der Waals surface area contributed by atoms with Crippen molar-refractivity contribution in [3.8, 4) is 5.75 Å². The van der Waals surface area contributed by atoms with Gasteiger partial charge in [0.15, 0.2) is 4.80 Å². The highest BCUT2D eigenvalue weighted by molar-refractivity contribution is 7.16. The van der Waals surface area contributed by atoms with Crippen LogP contribution in [0.2, 0.25) is 5.02 Å². The van der Waals surface area contributed by atoms with Crippen molar-refractivity contribution in [1.29, 1.82) is 0 Å². The van der Waals surface area contributed by atoms with Crippen LogP contribution in [-0.4, -0.2) is 17.1 Å². The fraction of sp³-hybridized carbons (Fsp3) is 0.300. The molecule has 3 rings (SSSR count). The maximum Gasteiger partial charge on any atom is 0.279 e. The molecule has 0 spiro atoms. The Labute approximate surface area is 161 Å². The van der Waals surface area contributed by atoms with Crippen LogP contribution in [0.3, 0.4) is 0 Å². The number of carbonyl (C=O) groups excluding carboxylic acids is 1. The molecule has 0 bridgehead atoms. The van der Waals surface area contributed by atoms with Crippen LogP contribution in [0.25, 0.3) is 10.2 Å². The summed E-state index contributed by atoms with van der Waals surface area (Å²) in [5, 5.41) is 0.670. The first kappa shape index (κ1) is 18.7. The summed E-state index contributed by atoms with van der Waals surface area (Å²) < 4.78 is 8.62. The number of hydrogen-bond donors (Lipinski definition) is 0. The van der Waals surface area contributed by atoms with Crippen LogP contribution in [0.4, 0.5) is 0 Å². The van der Waals surface area contributed by atoms with E-state index in [9.17, 15) is 4.79 Å². The van der Waals surface area contributed by atoms with E-state index in [1.807, 2.05) is 41.8 Å². The highest BCUT2D eigenvalue weighted by atomic mass is 35.5. The number of aryl methyl sites for hydroxylation is 1. The number of amides is 1. The molecule has 0 fully saturated rings. The quantitative estimate of drug-likeness (QED) is 0.538. The molecule has 0 atom stereocenters. The van der Waals surface area contributed by atoms with E-state index in [1.54, 1.807) is 12.1 Å². The molecular weight excluding hydrogens is 368 g/mol. The maximum atomic E-state index is 12.6. The van der Waals surface area contributed by atoms with Gasteiger partial charge in [0.2, 0.25) is 0 Å². The zero-order valence-corrected chi connectivity index (χ0v) is 16.4. The molecule has 1 amide bonds. The van der Waals surface area contributed by atoms with Crippen LogP contribution in [0.1, 0.15) is 37.0 Å². The molecule has 4 nitrogen and oxygen atoms in total. The molecule has 1 heterocycles. The topological polar surface area (TPSA) is 43.6 Å². The summed E-state index contributed by atoms with van der Waals surface area (Å²) in [6, 6.07) is 12.9. The Balaban J connectivity index is 1.89. The average molecular weight is 389 g/mol. The number of fused-ring (bicyclic) bond motifs is 1. The Morgan fingerprint density at radius 1 is 1.19 bits per heavy atom. The van der Waals surface area contributed by atoms with E-state index < -0.39 is 0 Å². The van der Waals surface area contributed by atoms with Gasteiger partial charge in [-0.1, -0.05) is 42.3 Å². The standard InChI is InChI=1S/C20H21ClN2O2S/c1-3-5-13-25-15-11-9-14(10-12-15)19(24)22-20-23(4-2)18-16(21)7-6-8-17(18)26-20/h6-12H,3-5,13H2,1-2H3. The van der Waals surface area contributed by atoms with Crippen molar-refractivity contribution in [1.82, 2.24) is 4.57 Å². The highest BCUT2D eigenvalue weighted by Crippen LogP contribution is 2.25. The minimum atomic E-state index is -0.269. The van der Waals surface area contributed by atoms with E-state index in [1.165, 1.54) is 11.3 Å². The summed E-state index contributed by atoms with van der Waals surface area (Å²) in [4.78, 5) is 17.6. The highest BCUT2D eigenvalue weighted by Gasteiger charge is 2.10. The number of halogens is 1. The summed E-state index contributed by atoms with van der Waals surface area (Å²) >= 11 is 7.79. The van der Waals surface area contributed by atoms with Crippen LogP contribution in [0.5, 0.6) is 5.75 Å². The monoisotopic (exact) mass is 388 g/mol. The molecule has 1 aromatic heterocycles. The molecule has 0 radical (unpaired) electrons. The van der Waals surface area contributed by atoms with E-state index in [-0.39, 0.29) is 5.91 Å². The van der Waals surface area contributed by atoms with Gasteiger partial charge in [-0.05, 0) is 49.7 Å². The van der Waals surface area contributed by atoms with Crippen LogP contribution in [0.15, 0.2) is 47.5 Å². The van der Waals surface area contributed by atoms with Gasteiger partial charge >= 0.3 is 0 Å². The van der Waals surface area contributed by atoms with Crippen molar-refractivity contribution in [2.45, 2.75) is 33.2 Å². The number of rotatable bonds is 6. The number of carbonyl (C=O) groups is 1. The Morgan fingerprint density at radius 2 is 1.96 bits per heavy atom. The Kier molecular flexibility index (Phi) is 6.12. The second kappa shape index (κ2) is 8.52. The lowest BCUT2D eigenvalue weighted by molar-refractivity contribution is 0.0998. The molecule has 0 unspecified atom stereocenters. The zero-order chi connectivity index (χ0) is 18.5. The molecule has 2 aromatic carbocycles. The van der Waals surface area contributed by atoms with Crippen LogP contribution in [0, 0.1) is 0 Å². The lowest BCUT2D eigenvalue weighted by atomic mass is 10.2. The number of nitrogens with zero attached hydrogens (tertiary/aromatic N) is 2. The summed E-state index contributed by atoms with van der Waals surface area (Å²) in [5.41, 5.74) is 1.46. The molecule has 6 heteroatoms. The number of ether oxygens (including phenoxy) is 1. The third kappa shape index (κ3) is 4.00. The first-order valence-electron chi connectivity index (χ1n) is 8.73. The van der Waals surface area contributed by atoms with Gasteiger partial charge in [-0.15, -0.1) is 0 Å². The number of unbranched alkanes of at least 4 members (excludes halogenated alkanes) is 1. The molecule has 136 valence electrons. The van der Waals surface area contributed by atoms with E-state index in [0.717, 1.165) is 28.8 Å². The minimum Gasteiger partial charge on any atom is -0.494 e. The molecule has 0 aliphatic heterocycles. The second-order valence-corrected chi connectivity index (χ2v) is 7.28. The summed E-state index contributed by atoms with van der Waals surface area (Å²) in [5.74, 6) is 0.502. The second-order valence-electron chi connectivity index (χ2n) is 5.86. The van der Waals surface area contributed by atoms with Crippen molar-refractivity contribution in [2.75, 3.05) is 6.61 Å². The summed E-state index contributed by atoms with van der Waals surface area (Å²) in [7, 11) is 0. The van der Waals surface area contributed by atoms with Gasteiger partial charge in [0, 0.05) is 12.1 Å². The third-order valence-corrected chi connectivity index (χ3v) is 5.38. The van der Waals surface area contributed by atoms with Crippen molar-refractivity contribution >= 4 is 39.1 Å². The van der Waals surface area contributed by atoms with Gasteiger partial charge in [0.25, 0.3) is 5.91 Å². The third-order valence-electron chi connectivity index (χ3n) is 4.03. The number of para-hydroxylation sites is 1. The van der Waals surface area contributed by atoms with Crippen LogP contribution in [-0.2, 0) is 6.54 Å². The van der Waals surface area contributed by atoms with Crippen molar-refractivity contribution < 1.29 is 9.53 Å². The molecule has 0 saturated carbocycles. The van der Waals surface area contributed by atoms with Gasteiger partial charge in [-0.3, -0.25) is 4.79 Å². The Bertz CT molecular complexity index is 974. The first-order chi connectivity index (χ1) is 12.6. The predicted octanol–water partition coefficient (Wildman–Crippen LogP) is 5.30. The van der Waals surface area contributed by atoms with Crippen molar-refractivity contribution in [3.63, 3.8) is 0 Å². The predicted molar refractivity (Wildman–Crippen MR) is 107 cm³/mol. The van der Waals surface area contributed by atoms with E-state index >= 15 is 0 Å². The summed E-state index contributed by atoms with van der Waals surface area (Å²) in [6.45, 7) is 5.52. The zero-order valence-electron chi connectivity index (χ0n) is 14.9. The van der Waals surface area contributed by atoms with Gasteiger partial charge in [0.05, 0.1) is 21.8 Å². The van der Waals surface area contributed by atoms with E-state index in [2.05, 4.69) is 11.9 Å². The Morgan fingerprint density at radius 3 is 2.65 bits per heavy atom. The molecule has 26 heavy (non-hydrogen) atoms. The number of thiazole rings is 1. The van der Waals surface area contributed by atoms with Crippen molar-refractivity contribution in [3.05, 3.63) is 57.9 Å². The fourth-order valence-corrected chi connectivity index (χ4v) is 4.10. The SMILES string of the molecule is CCCCOc1ccc(C(=O)N=c2sc3cccc(Cl)c3n2CC)cc1. The maximum absolute atomic E-state index is 12.6. The molecule has 0 aliphatic carbocycles. The number of hydrogen-bond acceptors (Lipinski definition) is 3. The van der Waals surface area contributed by atoms with Gasteiger partial charge < -0.3 is 9.30 Å². The fourth-order valence-electron chi connectivity index (χ4n) is 2.65. The molecule has 0 saturated heterocycles. The lowest BCUT2D eigenvalue weighted by Crippen LogP contribution is -2.16. The van der Waals surface area contributed by atoms with Crippen LogP contribution < -0.4 is 9.54 Å². The number of aromatic nitrogens is 1. The van der Waals surface area contributed by atoms with Gasteiger partial charge in [-0.25, -0.2) is 0 Å². The first-order valence-corrected chi connectivity index (χ1v) is 9.93. The molecule has 3 aromatic rings. The molecular formula is C20H21ClN2O2S. The molecule has 0 N–H and O–H groups in total. The van der Waals surface area contributed by atoms with Gasteiger partial charge in [-0.2, -0.15) is 4.99 Å². The normalized spacial score (nSPS) is 11.9. The van der Waals surface area contributed by atoms with Crippen molar-refractivity contribution in [2.24, 2.45) is 4.99 Å². The smallest absolute Gasteiger partial charge is 0.279 e. The lowest BCUT2D eigenvalue weighted by Gasteiger charge is -2.05. The Hall–Kier alpha value is -2.11. The van der Waals surface area contributed by atoms with E-state index in [4.69, 9.17) is 16.3 Å². The molecule has 0 aliphatic rings.